The monoisotopic (exact) mass is 250 g/mol. The summed E-state index contributed by atoms with van der Waals surface area (Å²) in [4.78, 5) is 0. The minimum absolute atomic E-state index is 0.194. The Morgan fingerprint density at radius 1 is 1.22 bits per heavy atom. The van der Waals surface area contributed by atoms with E-state index in [4.69, 9.17) is 0 Å². The molecule has 4 heteroatoms. The van der Waals surface area contributed by atoms with E-state index in [1.54, 1.807) is 0 Å². The Morgan fingerprint density at radius 2 is 2.06 bits per heavy atom. The summed E-state index contributed by atoms with van der Waals surface area (Å²) in [5.74, 6) is -0.882. The van der Waals surface area contributed by atoms with Gasteiger partial charge in [0, 0.05) is 18.4 Å². The van der Waals surface area contributed by atoms with Crippen LogP contribution in [0.5, 0.6) is 0 Å². The van der Waals surface area contributed by atoms with Gasteiger partial charge in [0.15, 0.2) is 0 Å². The average molecular weight is 250 g/mol. The largest absolute Gasteiger partial charge is 0.377 e. The summed E-state index contributed by atoms with van der Waals surface area (Å²) in [5.41, 5.74) is 1.25. The number of nitrogens with zero attached hydrogens (tertiary/aromatic N) is 1. The second-order valence-electron chi connectivity index (χ2n) is 4.17. The Labute approximate surface area is 105 Å². The molecule has 0 radical (unpaired) electrons. The first-order valence-electron chi connectivity index (χ1n) is 6.03. The van der Waals surface area contributed by atoms with Crippen molar-refractivity contribution in [1.82, 2.24) is 4.57 Å². The number of hydrogen-bond acceptors (Lipinski definition) is 1. The van der Waals surface area contributed by atoms with Gasteiger partial charge in [-0.25, -0.2) is 8.78 Å². The highest BCUT2D eigenvalue weighted by atomic mass is 19.1. The van der Waals surface area contributed by atoms with Gasteiger partial charge in [-0.3, -0.25) is 0 Å². The lowest BCUT2D eigenvalue weighted by Crippen LogP contribution is -2.08. The van der Waals surface area contributed by atoms with Gasteiger partial charge in [-0.2, -0.15) is 0 Å². The molecule has 0 amide bonds. The molecule has 0 saturated carbocycles. The molecule has 0 bridgehead atoms. The second-order valence-corrected chi connectivity index (χ2v) is 4.17. The van der Waals surface area contributed by atoms with E-state index in [2.05, 4.69) is 16.8 Å². The summed E-state index contributed by atoms with van der Waals surface area (Å²) in [6, 6.07) is 7.33. The highest BCUT2D eigenvalue weighted by Gasteiger charge is 2.05. The molecule has 2 aromatic rings. The van der Waals surface area contributed by atoms with E-state index >= 15 is 0 Å². The van der Waals surface area contributed by atoms with E-state index < -0.39 is 11.6 Å². The third kappa shape index (κ3) is 2.88. The number of aromatic nitrogens is 1. The first-order valence-corrected chi connectivity index (χ1v) is 6.03. The van der Waals surface area contributed by atoms with Crippen LogP contribution in [0.15, 0.2) is 36.5 Å². The van der Waals surface area contributed by atoms with Crippen LogP contribution in [0, 0.1) is 11.6 Å². The zero-order valence-corrected chi connectivity index (χ0v) is 10.3. The standard InChI is InChI=1S/C14H16F2N2/c1-2-7-18-8-3-4-12(18)10-17-14-9-11(15)5-6-13(14)16/h3-6,8-9,17H,2,7,10H2,1H3. The summed E-state index contributed by atoms with van der Waals surface area (Å²) in [6.45, 7) is 3.51. The number of anilines is 1. The van der Waals surface area contributed by atoms with Gasteiger partial charge in [-0.15, -0.1) is 0 Å². The van der Waals surface area contributed by atoms with E-state index in [1.165, 1.54) is 6.07 Å². The fourth-order valence-electron chi connectivity index (χ4n) is 1.89. The Hall–Kier alpha value is -1.84. The van der Waals surface area contributed by atoms with Gasteiger partial charge in [0.1, 0.15) is 11.6 Å². The van der Waals surface area contributed by atoms with Crippen LogP contribution in [0.4, 0.5) is 14.5 Å². The Kier molecular flexibility index (Phi) is 3.97. The van der Waals surface area contributed by atoms with Gasteiger partial charge in [-0.05, 0) is 36.8 Å². The molecule has 0 saturated heterocycles. The Balaban J connectivity index is 2.06. The molecular formula is C14H16F2N2. The number of aryl methyl sites for hydroxylation is 1. The predicted octanol–water partition coefficient (Wildman–Crippen LogP) is 3.79. The Bertz CT molecular complexity index is 520. The average Bonchev–Trinajstić information content (AvgIpc) is 2.78. The SMILES string of the molecule is CCCn1cccc1CNc1cc(F)ccc1F. The van der Waals surface area contributed by atoms with Crippen LogP contribution in [0.1, 0.15) is 19.0 Å². The second kappa shape index (κ2) is 5.67. The summed E-state index contributed by atoms with van der Waals surface area (Å²) >= 11 is 0. The minimum atomic E-state index is -0.442. The molecule has 0 atom stereocenters. The van der Waals surface area contributed by atoms with Crippen LogP contribution in [0.25, 0.3) is 0 Å². The molecule has 0 aliphatic rings. The molecule has 0 aliphatic carbocycles. The lowest BCUT2D eigenvalue weighted by atomic mass is 10.3. The maximum Gasteiger partial charge on any atom is 0.146 e. The lowest BCUT2D eigenvalue weighted by molar-refractivity contribution is 0.601. The molecule has 1 aromatic heterocycles. The fraction of sp³-hybridized carbons (Fsp3) is 0.286. The third-order valence-electron chi connectivity index (χ3n) is 2.78. The molecule has 18 heavy (non-hydrogen) atoms. The van der Waals surface area contributed by atoms with Crippen LogP contribution in [0.2, 0.25) is 0 Å². The molecule has 1 aromatic carbocycles. The van der Waals surface area contributed by atoms with Crippen molar-refractivity contribution in [2.24, 2.45) is 0 Å². The van der Waals surface area contributed by atoms with Gasteiger partial charge in [0.25, 0.3) is 0 Å². The van der Waals surface area contributed by atoms with E-state index in [-0.39, 0.29) is 5.69 Å². The van der Waals surface area contributed by atoms with Crippen LogP contribution < -0.4 is 5.32 Å². The molecule has 1 N–H and O–H groups in total. The first kappa shape index (κ1) is 12.6. The van der Waals surface area contributed by atoms with Crippen molar-refractivity contribution in [1.29, 1.82) is 0 Å². The van der Waals surface area contributed by atoms with Crippen LogP contribution in [-0.4, -0.2) is 4.57 Å². The topological polar surface area (TPSA) is 17.0 Å². The zero-order chi connectivity index (χ0) is 13.0. The lowest BCUT2D eigenvalue weighted by Gasteiger charge is -2.10. The smallest absolute Gasteiger partial charge is 0.146 e. The summed E-state index contributed by atoms with van der Waals surface area (Å²) < 4.78 is 28.5. The van der Waals surface area contributed by atoms with Crippen molar-refractivity contribution in [3.8, 4) is 0 Å². The van der Waals surface area contributed by atoms with Crippen LogP contribution >= 0.6 is 0 Å². The maximum absolute atomic E-state index is 13.4. The zero-order valence-electron chi connectivity index (χ0n) is 10.3. The highest BCUT2D eigenvalue weighted by Crippen LogP contribution is 2.16. The molecular weight excluding hydrogens is 234 g/mol. The molecule has 2 rings (SSSR count). The van der Waals surface area contributed by atoms with E-state index in [0.29, 0.717) is 6.54 Å². The Morgan fingerprint density at radius 3 is 2.83 bits per heavy atom. The highest BCUT2D eigenvalue weighted by molar-refractivity contribution is 5.45. The van der Waals surface area contributed by atoms with Gasteiger partial charge in [0.2, 0.25) is 0 Å². The molecule has 96 valence electrons. The van der Waals surface area contributed by atoms with Crippen molar-refractivity contribution < 1.29 is 8.78 Å². The number of benzene rings is 1. The maximum atomic E-state index is 13.4. The van der Waals surface area contributed by atoms with Crippen molar-refractivity contribution in [3.05, 3.63) is 53.9 Å². The number of halogens is 2. The first-order chi connectivity index (χ1) is 8.70. The molecule has 0 aliphatic heterocycles. The minimum Gasteiger partial charge on any atom is -0.377 e. The van der Waals surface area contributed by atoms with Crippen molar-refractivity contribution in [2.45, 2.75) is 26.4 Å². The van der Waals surface area contributed by atoms with Crippen LogP contribution in [-0.2, 0) is 13.1 Å². The number of nitrogens with one attached hydrogen (secondary N) is 1. The normalized spacial score (nSPS) is 10.6. The van der Waals surface area contributed by atoms with Crippen LogP contribution in [0.3, 0.4) is 0 Å². The predicted molar refractivity (Wildman–Crippen MR) is 68.4 cm³/mol. The molecule has 2 nitrogen and oxygen atoms in total. The summed E-state index contributed by atoms with van der Waals surface area (Å²) in [6.07, 6.45) is 3.03. The van der Waals surface area contributed by atoms with E-state index in [1.807, 2.05) is 18.3 Å². The summed E-state index contributed by atoms with van der Waals surface area (Å²) in [7, 11) is 0. The quantitative estimate of drug-likeness (QED) is 0.854. The van der Waals surface area contributed by atoms with Crippen molar-refractivity contribution >= 4 is 5.69 Å². The fourth-order valence-corrected chi connectivity index (χ4v) is 1.89. The molecule has 0 fully saturated rings. The third-order valence-corrected chi connectivity index (χ3v) is 2.78. The number of hydrogen-bond donors (Lipinski definition) is 1. The molecule has 0 unspecified atom stereocenters. The van der Waals surface area contributed by atoms with Gasteiger partial charge >= 0.3 is 0 Å². The van der Waals surface area contributed by atoms with Gasteiger partial charge in [-0.1, -0.05) is 6.92 Å². The number of rotatable bonds is 5. The van der Waals surface area contributed by atoms with Gasteiger partial charge < -0.3 is 9.88 Å². The molecule has 1 heterocycles. The summed E-state index contributed by atoms with van der Waals surface area (Å²) in [5, 5.41) is 2.92. The van der Waals surface area contributed by atoms with Gasteiger partial charge in [0.05, 0.1) is 12.2 Å². The molecule has 0 spiro atoms. The van der Waals surface area contributed by atoms with E-state index in [9.17, 15) is 8.78 Å². The van der Waals surface area contributed by atoms with E-state index in [0.717, 1.165) is 30.8 Å². The van der Waals surface area contributed by atoms with Crippen molar-refractivity contribution in [2.75, 3.05) is 5.32 Å². The van der Waals surface area contributed by atoms with Crippen molar-refractivity contribution in [3.63, 3.8) is 0 Å².